The average molecular weight is 421 g/mol. The lowest BCUT2D eigenvalue weighted by atomic mass is 9.86. The number of anilines is 2. The molecular weight excluding hydrogens is 402 g/mol. The fourth-order valence-corrected chi connectivity index (χ4v) is 3.61. The fourth-order valence-electron chi connectivity index (χ4n) is 3.61. The first-order chi connectivity index (χ1) is 15.4. The second kappa shape index (κ2) is 7.32. The minimum atomic E-state index is -0.602. The second-order valence-electron chi connectivity index (χ2n) is 8.02. The van der Waals surface area contributed by atoms with Gasteiger partial charge in [0.15, 0.2) is 0 Å². The molecule has 0 amide bonds. The van der Waals surface area contributed by atoms with Crippen LogP contribution in [0.15, 0.2) is 71.9 Å². The highest BCUT2D eigenvalue weighted by Gasteiger charge is 2.20. The largest absolute Gasteiger partial charge is 0.340 e. The normalized spacial score (nSPS) is 11.5. The van der Waals surface area contributed by atoms with Gasteiger partial charge in [0.05, 0.1) is 45.4 Å². The van der Waals surface area contributed by atoms with E-state index in [1.54, 1.807) is 23.2 Å². The maximum atomic E-state index is 12.7. The number of benzene rings is 2. The minimum absolute atomic E-state index is 0.257. The van der Waals surface area contributed by atoms with Crippen LogP contribution in [0.4, 0.5) is 11.5 Å². The lowest BCUT2D eigenvalue weighted by Crippen LogP contribution is -2.16. The number of nitriles is 1. The van der Waals surface area contributed by atoms with E-state index in [1.807, 2.05) is 62.4 Å². The van der Waals surface area contributed by atoms with Gasteiger partial charge in [0.2, 0.25) is 0 Å². The van der Waals surface area contributed by atoms with Gasteiger partial charge in [0.1, 0.15) is 5.82 Å². The molecule has 0 saturated carbocycles. The summed E-state index contributed by atoms with van der Waals surface area (Å²) in [5.74, 6) is 0.593. The van der Waals surface area contributed by atoms with Crippen LogP contribution in [0.3, 0.4) is 0 Å². The van der Waals surface area contributed by atoms with Crippen molar-refractivity contribution in [2.24, 2.45) is 0 Å². The van der Waals surface area contributed by atoms with Crippen molar-refractivity contribution in [3.05, 3.63) is 83.2 Å². The average Bonchev–Trinajstić information content (AvgIpc) is 3.14. The van der Waals surface area contributed by atoms with Crippen molar-refractivity contribution in [2.45, 2.75) is 19.3 Å². The molecule has 8 nitrogen and oxygen atoms in total. The number of hydrogen-bond acceptors (Lipinski definition) is 6. The van der Waals surface area contributed by atoms with Crippen molar-refractivity contribution in [1.29, 1.82) is 5.26 Å². The predicted octanol–water partition coefficient (Wildman–Crippen LogP) is 4.20. The molecule has 8 heteroatoms. The number of imidazole rings is 1. The van der Waals surface area contributed by atoms with E-state index < -0.39 is 5.41 Å². The van der Waals surface area contributed by atoms with Crippen LogP contribution in [0.2, 0.25) is 0 Å². The van der Waals surface area contributed by atoms with E-state index in [-0.39, 0.29) is 5.69 Å². The molecule has 156 valence electrons. The molecule has 0 aliphatic heterocycles. The van der Waals surface area contributed by atoms with Gasteiger partial charge in [-0.2, -0.15) is 5.26 Å². The zero-order valence-electron chi connectivity index (χ0n) is 17.5. The number of nitrogens with zero attached hydrogens (tertiary/aromatic N) is 5. The zero-order chi connectivity index (χ0) is 22.3. The highest BCUT2D eigenvalue weighted by atomic mass is 16.1. The maximum Gasteiger partial charge on any atom is 0.331 e. The van der Waals surface area contributed by atoms with Crippen LogP contribution in [0, 0.1) is 11.3 Å². The summed E-state index contributed by atoms with van der Waals surface area (Å²) in [6.07, 6.45) is 4.94. The summed E-state index contributed by atoms with van der Waals surface area (Å²) in [6, 6.07) is 17.2. The summed E-state index contributed by atoms with van der Waals surface area (Å²) in [5, 5.41) is 12.6. The Morgan fingerprint density at radius 2 is 1.75 bits per heavy atom. The van der Waals surface area contributed by atoms with E-state index in [0.29, 0.717) is 22.5 Å². The number of hydrogen-bond donors (Lipinski definition) is 2. The summed E-state index contributed by atoms with van der Waals surface area (Å²) in [6.45, 7) is 3.73. The van der Waals surface area contributed by atoms with Crippen LogP contribution in [-0.4, -0.2) is 24.5 Å². The third kappa shape index (κ3) is 3.36. The smallest absolute Gasteiger partial charge is 0.331 e. The van der Waals surface area contributed by atoms with Gasteiger partial charge in [0, 0.05) is 24.1 Å². The highest BCUT2D eigenvalue weighted by Crippen LogP contribution is 2.25. The number of aromatic nitrogens is 5. The van der Waals surface area contributed by atoms with E-state index in [1.165, 1.54) is 0 Å². The van der Waals surface area contributed by atoms with Gasteiger partial charge in [-0.15, -0.1) is 0 Å². The SMILES string of the molecule is CC(C)(C#N)c1ccc(-n2c(=O)[nH]c3cnc(Nc4ccc5nccnc5c4)cc32)cc1. The molecule has 0 atom stereocenters. The molecule has 0 fully saturated rings. The minimum Gasteiger partial charge on any atom is -0.340 e. The lowest BCUT2D eigenvalue weighted by Gasteiger charge is -2.16. The first kappa shape index (κ1) is 19.5. The summed E-state index contributed by atoms with van der Waals surface area (Å²) in [4.78, 5) is 28.6. The van der Waals surface area contributed by atoms with E-state index in [0.717, 1.165) is 22.3 Å². The molecule has 0 aliphatic rings. The molecule has 0 bridgehead atoms. The molecule has 0 unspecified atom stereocenters. The first-order valence-electron chi connectivity index (χ1n) is 10.1. The third-order valence-electron chi connectivity index (χ3n) is 5.44. The van der Waals surface area contributed by atoms with Gasteiger partial charge in [-0.05, 0) is 49.7 Å². The number of fused-ring (bicyclic) bond motifs is 2. The lowest BCUT2D eigenvalue weighted by molar-refractivity contribution is 0.686. The Balaban J connectivity index is 1.53. The Hall–Kier alpha value is -4.51. The Morgan fingerprint density at radius 1 is 1.00 bits per heavy atom. The van der Waals surface area contributed by atoms with Crippen LogP contribution in [0.1, 0.15) is 19.4 Å². The molecule has 32 heavy (non-hydrogen) atoms. The van der Waals surface area contributed by atoms with Crippen LogP contribution >= 0.6 is 0 Å². The molecule has 0 aliphatic carbocycles. The van der Waals surface area contributed by atoms with Gasteiger partial charge in [-0.1, -0.05) is 12.1 Å². The molecular formula is C24H19N7O. The monoisotopic (exact) mass is 421 g/mol. The van der Waals surface area contributed by atoms with Crippen molar-refractivity contribution >= 4 is 33.6 Å². The van der Waals surface area contributed by atoms with Crippen LogP contribution in [-0.2, 0) is 5.41 Å². The molecule has 3 heterocycles. The molecule has 2 aromatic carbocycles. The van der Waals surface area contributed by atoms with Crippen LogP contribution in [0.5, 0.6) is 0 Å². The molecule has 0 saturated heterocycles. The van der Waals surface area contributed by atoms with Crippen LogP contribution in [0.25, 0.3) is 27.8 Å². The second-order valence-corrected chi connectivity index (χ2v) is 8.02. The van der Waals surface area contributed by atoms with Gasteiger partial charge >= 0.3 is 5.69 Å². The molecule has 5 rings (SSSR count). The fraction of sp³-hybridized carbons (Fsp3) is 0.125. The molecule has 0 radical (unpaired) electrons. The third-order valence-corrected chi connectivity index (χ3v) is 5.44. The number of H-pyrrole nitrogens is 1. The number of rotatable bonds is 4. The van der Waals surface area contributed by atoms with Gasteiger partial charge in [0.25, 0.3) is 0 Å². The number of nitrogens with one attached hydrogen (secondary N) is 2. The van der Waals surface area contributed by atoms with E-state index in [9.17, 15) is 10.1 Å². The van der Waals surface area contributed by atoms with Crippen molar-refractivity contribution in [1.82, 2.24) is 24.5 Å². The zero-order valence-corrected chi connectivity index (χ0v) is 17.5. The highest BCUT2D eigenvalue weighted by molar-refractivity contribution is 5.82. The Labute approximate surface area is 183 Å². The van der Waals surface area contributed by atoms with Gasteiger partial charge in [-0.25, -0.2) is 9.78 Å². The van der Waals surface area contributed by atoms with Gasteiger partial charge in [-0.3, -0.25) is 14.5 Å². The summed E-state index contributed by atoms with van der Waals surface area (Å²) >= 11 is 0. The Morgan fingerprint density at radius 3 is 2.50 bits per heavy atom. The summed E-state index contributed by atoms with van der Waals surface area (Å²) < 4.78 is 1.59. The Kier molecular flexibility index (Phi) is 4.45. The van der Waals surface area contributed by atoms with Crippen molar-refractivity contribution in [3.63, 3.8) is 0 Å². The summed E-state index contributed by atoms with van der Waals surface area (Å²) in [7, 11) is 0. The van der Waals surface area contributed by atoms with Crippen molar-refractivity contribution < 1.29 is 0 Å². The first-order valence-corrected chi connectivity index (χ1v) is 10.1. The standard InChI is InChI=1S/C24H19N7O/c1-24(2,14-25)15-3-6-17(7-4-15)31-21-12-22(28-13-20(21)30-23(31)32)29-16-5-8-18-19(11-16)27-10-9-26-18/h3-13H,1-2H3,(H,28,29)(H,30,32). The van der Waals surface area contributed by atoms with Gasteiger partial charge < -0.3 is 10.3 Å². The quantitative estimate of drug-likeness (QED) is 0.450. The molecule has 0 spiro atoms. The predicted molar refractivity (Wildman–Crippen MR) is 123 cm³/mol. The molecule has 3 aromatic heterocycles. The van der Waals surface area contributed by atoms with Crippen LogP contribution < -0.4 is 11.0 Å². The van der Waals surface area contributed by atoms with Crippen molar-refractivity contribution in [3.8, 4) is 11.8 Å². The topological polar surface area (TPSA) is 112 Å². The Bertz CT molecular complexity index is 1560. The summed E-state index contributed by atoms with van der Waals surface area (Å²) in [5.41, 5.74) is 4.46. The number of aromatic amines is 1. The molecule has 5 aromatic rings. The maximum absolute atomic E-state index is 12.7. The van der Waals surface area contributed by atoms with Crippen molar-refractivity contribution in [2.75, 3.05) is 5.32 Å². The number of pyridine rings is 1. The molecule has 2 N–H and O–H groups in total. The van der Waals surface area contributed by atoms with E-state index >= 15 is 0 Å². The van der Waals surface area contributed by atoms with E-state index in [2.05, 4.69) is 31.3 Å². The van der Waals surface area contributed by atoms with E-state index in [4.69, 9.17) is 0 Å².